The van der Waals surface area contributed by atoms with Gasteiger partial charge in [-0.1, -0.05) is 17.7 Å². The Bertz CT molecular complexity index is 936. The van der Waals surface area contributed by atoms with Gasteiger partial charge in [-0.05, 0) is 70.7 Å². The van der Waals surface area contributed by atoms with Gasteiger partial charge in [0, 0.05) is 12.2 Å². The van der Waals surface area contributed by atoms with Crippen molar-refractivity contribution in [3.8, 4) is 5.75 Å². The molecular weight excluding hydrogens is 414 g/mol. The molecule has 1 aliphatic carbocycles. The monoisotopic (exact) mass is 443 g/mol. The van der Waals surface area contributed by atoms with Gasteiger partial charge in [0.15, 0.2) is 11.6 Å². The molecule has 0 radical (unpaired) electrons. The first-order chi connectivity index (χ1) is 14.8. The number of ether oxygens (including phenoxy) is 2. The summed E-state index contributed by atoms with van der Waals surface area (Å²) >= 11 is 6.37. The van der Waals surface area contributed by atoms with Gasteiger partial charge < -0.3 is 19.7 Å². The summed E-state index contributed by atoms with van der Waals surface area (Å²) in [5.41, 5.74) is 1.22. The van der Waals surface area contributed by atoms with Crippen LogP contribution in [0.5, 0.6) is 5.75 Å². The van der Waals surface area contributed by atoms with Crippen LogP contribution < -0.4 is 15.0 Å². The molecule has 6 nitrogen and oxygen atoms in total. The van der Waals surface area contributed by atoms with Gasteiger partial charge >= 0.3 is 0 Å². The van der Waals surface area contributed by atoms with E-state index in [2.05, 4.69) is 31.1 Å². The van der Waals surface area contributed by atoms with Crippen molar-refractivity contribution >= 4 is 29.0 Å². The zero-order valence-electron chi connectivity index (χ0n) is 18.4. The zero-order chi connectivity index (χ0) is 22.0. The van der Waals surface area contributed by atoms with E-state index in [0.717, 1.165) is 31.4 Å². The van der Waals surface area contributed by atoms with E-state index >= 15 is 0 Å². The first-order valence-corrected chi connectivity index (χ1v) is 11.3. The summed E-state index contributed by atoms with van der Waals surface area (Å²) in [6, 6.07) is 9.39. The Balaban J connectivity index is 1.47. The lowest BCUT2D eigenvalue weighted by atomic mass is 9.92. The molecule has 0 spiro atoms. The minimum atomic E-state index is -0.135. The van der Waals surface area contributed by atoms with Crippen molar-refractivity contribution in [1.82, 2.24) is 10.3 Å². The topological polar surface area (TPSA) is 63.7 Å². The van der Waals surface area contributed by atoms with Crippen LogP contribution >= 0.6 is 11.6 Å². The summed E-state index contributed by atoms with van der Waals surface area (Å²) < 4.78 is 12.0. The average molecular weight is 444 g/mol. The maximum absolute atomic E-state index is 13.1. The van der Waals surface area contributed by atoms with E-state index in [4.69, 9.17) is 21.1 Å². The maximum Gasteiger partial charge on any atom is 0.255 e. The second kappa shape index (κ2) is 9.05. The molecule has 7 heteroatoms. The summed E-state index contributed by atoms with van der Waals surface area (Å²) in [5.74, 6) is 1.15. The number of anilines is 2. The normalized spacial score (nSPS) is 21.2. The number of aromatic nitrogens is 1. The van der Waals surface area contributed by atoms with E-state index in [0.29, 0.717) is 35.3 Å². The number of benzene rings is 1. The van der Waals surface area contributed by atoms with Crippen molar-refractivity contribution < 1.29 is 14.3 Å². The largest absolute Gasteiger partial charge is 0.489 e. The zero-order valence-corrected chi connectivity index (χ0v) is 19.1. The lowest BCUT2D eigenvalue weighted by Crippen LogP contribution is -2.41. The molecule has 2 aromatic rings. The highest BCUT2D eigenvalue weighted by molar-refractivity contribution is 6.33. The third-order valence-corrected chi connectivity index (χ3v) is 5.91. The smallest absolute Gasteiger partial charge is 0.255 e. The van der Waals surface area contributed by atoms with E-state index < -0.39 is 0 Å². The molecule has 1 N–H and O–H groups in total. The Kier molecular flexibility index (Phi) is 6.39. The van der Waals surface area contributed by atoms with Crippen LogP contribution in [0.4, 0.5) is 11.5 Å². The van der Waals surface area contributed by atoms with Crippen LogP contribution in [0.15, 0.2) is 36.5 Å². The van der Waals surface area contributed by atoms with E-state index in [1.807, 2.05) is 29.2 Å². The van der Waals surface area contributed by atoms with Crippen molar-refractivity contribution in [2.45, 2.75) is 64.2 Å². The Hall–Kier alpha value is -2.31. The number of rotatable bonds is 4. The Labute approximate surface area is 188 Å². The number of amides is 1. The summed E-state index contributed by atoms with van der Waals surface area (Å²) in [6.45, 7) is 7.33. The van der Waals surface area contributed by atoms with E-state index in [9.17, 15) is 4.79 Å². The van der Waals surface area contributed by atoms with Gasteiger partial charge in [-0.15, -0.1) is 0 Å². The van der Waals surface area contributed by atoms with Crippen LogP contribution in [0.1, 0.15) is 56.8 Å². The molecule has 31 heavy (non-hydrogen) atoms. The molecule has 1 amide bonds. The van der Waals surface area contributed by atoms with Crippen LogP contribution in [0.3, 0.4) is 0 Å². The Morgan fingerprint density at radius 1 is 1.19 bits per heavy atom. The lowest BCUT2D eigenvalue weighted by molar-refractivity contribution is -0.0757. The van der Waals surface area contributed by atoms with Crippen LogP contribution in [-0.4, -0.2) is 41.8 Å². The number of pyridine rings is 1. The number of nitrogens with zero attached hydrogens (tertiary/aromatic N) is 2. The van der Waals surface area contributed by atoms with Gasteiger partial charge in [-0.3, -0.25) is 4.79 Å². The van der Waals surface area contributed by atoms with Crippen LogP contribution in [-0.2, 0) is 4.74 Å². The lowest BCUT2D eigenvalue weighted by Gasteiger charge is -2.34. The molecule has 0 atom stereocenters. The molecule has 2 aliphatic rings. The van der Waals surface area contributed by atoms with Gasteiger partial charge in [0.25, 0.3) is 5.91 Å². The minimum Gasteiger partial charge on any atom is -0.489 e. The fraction of sp³-hybridized carbons (Fsp3) is 0.500. The molecule has 0 unspecified atom stereocenters. The molecule has 1 aliphatic heterocycles. The number of carbonyl (C=O) groups is 1. The molecule has 166 valence electrons. The highest BCUT2D eigenvalue weighted by atomic mass is 35.5. The quantitative estimate of drug-likeness (QED) is 0.710. The fourth-order valence-corrected chi connectivity index (χ4v) is 4.54. The standard InChI is InChI=1S/C24H30ClN3O3/c1-24(2,3)31-17-11-9-16(10-12-17)27-23(29)18-6-4-8-20-21(18)30-15-14-28(20)22-19(25)7-5-13-26-22/h4-8,13,16-17H,9-12,14-15H2,1-3H3,(H,27,29)/t16-,17-. The van der Waals surface area contributed by atoms with Crippen molar-refractivity contribution in [2.75, 3.05) is 18.1 Å². The second-order valence-corrected chi connectivity index (χ2v) is 9.55. The van der Waals surface area contributed by atoms with Gasteiger partial charge in [-0.2, -0.15) is 0 Å². The molecule has 0 saturated heterocycles. The highest BCUT2D eigenvalue weighted by Gasteiger charge is 2.29. The van der Waals surface area contributed by atoms with E-state index in [1.54, 1.807) is 12.3 Å². The predicted molar refractivity (Wildman–Crippen MR) is 123 cm³/mol. The number of hydrogen-bond donors (Lipinski definition) is 1. The van der Waals surface area contributed by atoms with Crippen molar-refractivity contribution in [2.24, 2.45) is 0 Å². The second-order valence-electron chi connectivity index (χ2n) is 9.14. The average Bonchev–Trinajstić information content (AvgIpc) is 2.74. The summed E-state index contributed by atoms with van der Waals surface area (Å²) in [7, 11) is 0. The first kappa shape index (κ1) is 21.9. The molecular formula is C24H30ClN3O3. The van der Waals surface area contributed by atoms with E-state index in [1.165, 1.54) is 0 Å². The van der Waals surface area contributed by atoms with Crippen molar-refractivity contribution in [3.05, 3.63) is 47.1 Å². The first-order valence-electron chi connectivity index (χ1n) is 10.9. The number of carbonyl (C=O) groups excluding carboxylic acids is 1. The SMILES string of the molecule is CC(C)(C)O[C@H]1CC[C@H](NC(=O)c2cccc3c2OCCN3c2ncccc2Cl)CC1. The van der Waals surface area contributed by atoms with Crippen LogP contribution in [0.25, 0.3) is 0 Å². The van der Waals surface area contributed by atoms with Gasteiger partial charge in [0.2, 0.25) is 0 Å². The van der Waals surface area contributed by atoms with Crippen molar-refractivity contribution in [3.63, 3.8) is 0 Å². The number of fused-ring (bicyclic) bond motifs is 1. The summed E-state index contributed by atoms with van der Waals surface area (Å²) in [6.07, 6.45) is 5.72. The maximum atomic E-state index is 13.1. The number of nitrogens with one attached hydrogen (secondary N) is 1. The van der Waals surface area contributed by atoms with Gasteiger partial charge in [0.05, 0.1) is 34.5 Å². The number of halogens is 1. The minimum absolute atomic E-state index is 0.106. The molecule has 1 saturated carbocycles. The fourth-order valence-electron chi connectivity index (χ4n) is 4.31. The third-order valence-electron chi connectivity index (χ3n) is 5.62. The number of hydrogen-bond acceptors (Lipinski definition) is 5. The molecule has 1 aromatic carbocycles. The third kappa shape index (κ3) is 5.13. The summed E-state index contributed by atoms with van der Waals surface area (Å²) in [4.78, 5) is 19.6. The molecule has 1 aromatic heterocycles. The number of para-hydroxylation sites is 1. The Morgan fingerprint density at radius 3 is 2.68 bits per heavy atom. The van der Waals surface area contributed by atoms with Gasteiger partial charge in [0.1, 0.15) is 6.61 Å². The van der Waals surface area contributed by atoms with Gasteiger partial charge in [-0.25, -0.2) is 4.98 Å². The van der Waals surface area contributed by atoms with E-state index in [-0.39, 0.29) is 23.7 Å². The molecule has 2 heterocycles. The van der Waals surface area contributed by atoms with Crippen LogP contribution in [0, 0.1) is 0 Å². The predicted octanol–water partition coefficient (Wildman–Crippen LogP) is 5.12. The van der Waals surface area contributed by atoms with Crippen molar-refractivity contribution in [1.29, 1.82) is 0 Å². The molecule has 4 rings (SSSR count). The molecule has 1 fully saturated rings. The summed E-state index contributed by atoms with van der Waals surface area (Å²) in [5, 5.41) is 3.77. The Morgan fingerprint density at radius 2 is 1.97 bits per heavy atom. The highest BCUT2D eigenvalue weighted by Crippen LogP contribution is 2.40. The van der Waals surface area contributed by atoms with Crippen LogP contribution in [0.2, 0.25) is 5.02 Å². The molecule has 0 bridgehead atoms.